The van der Waals surface area contributed by atoms with Crippen molar-refractivity contribution >= 4 is 54.1 Å². The van der Waals surface area contributed by atoms with Gasteiger partial charge in [-0.1, -0.05) is 127 Å². The van der Waals surface area contributed by atoms with Crippen molar-refractivity contribution < 1.29 is 0 Å². The van der Waals surface area contributed by atoms with E-state index in [1.165, 1.54) is 49.0 Å². The molecule has 0 amide bonds. The molecule has 0 aliphatic heterocycles. The van der Waals surface area contributed by atoms with Gasteiger partial charge < -0.3 is 0 Å². The number of hydrogen-bond donors (Lipinski definition) is 0. The van der Waals surface area contributed by atoms with E-state index >= 15 is 0 Å². The standard InChI is InChI=1S/C45H28N4/c1-2-12-30-25-32(23-22-29(30)11-1)43-36-17-4-6-19-38(36)44(39-20-7-5-18-37(39)43)41-27-42-45(40-21-8-3-16-35(40)41)48-49(47-42)34-15-9-13-31(26-34)33-14-10-24-46-28-33/h1-28H. The average Bonchev–Trinajstić information content (AvgIpc) is 3.62. The van der Waals surface area contributed by atoms with Gasteiger partial charge in [0.2, 0.25) is 0 Å². The number of hydrogen-bond acceptors (Lipinski definition) is 3. The molecule has 0 radical (unpaired) electrons. The van der Waals surface area contributed by atoms with Crippen molar-refractivity contribution in [3.63, 3.8) is 0 Å². The van der Waals surface area contributed by atoms with Crippen molar-refractivity contribution in [3.05, 3.63) is 170 Å². The van der Waals surface area contributed by atoms with Crippen LogP contribution in [0.15, 0.2) is 170 Å². The van der Waals surface area contributed by atoms with Crippen LogP contribution in [0.2, 0.25) is 0 Å². The van der Waals surface area contributed by atoms with Gasteiger partial charge in [-0.05, 0) is 95.9 Å². The summed E-state index contributed by atoms with van der Waals surface area (Å²) in [5.41, 5.74) is 9.60. The molecule has 10 rings (SSSR count). The van der Waals surface area contributed by atoms with Crippen LogP contribution < -0.4 is 0 Å². The van der Waals surface area contributed by atoms with Crippen molar-refractivity contribution in [2.75, 3.05) is 0 Å². The van der Waals surface area contributed by atoms with Crippen molar-refractivity contribution in [1.82, 2.24) is 20.0 Å². The molecule has 0 unspecified atom stereocenters. The first-order valence-electron chi connectivity index (χ1n) is 16.5. The molecular weight excluding hydrogens is 597 g/mol. The maximum absolute atomic E-state index is 5.10. The van der Waals surface area contributed by atoms with Gasteiger partial charge in [0.15, 0.2) is 0 Å². The van der Waals surface area contributed by atoms with Crippen LogP contribution in [0.4, 0.5) is 0 Å². The highest BCUT2D eigenvalue weighted by Gasteiger charge is 2.20. The molecule has 0 N–H and O–H groups in total. The molecule has 0 aliphatic carbocycles. The second-order valence-electron chi connectivity index (χ2n) is 12.5. The van der Waals surface area contributed by atoms with Crippen LogP contribution in [-0.2, 0) is 0 Å². The normalized spacial score (nSPS) is 11.7. The predicted molar refractivity (Wildman–Crippen MR) is 203 cm³/mol. The van der Waals surface area contributed by atoms with Crippen LogP contribution in [0.3, 0.4) is 0 Å². The molecule has 0 saturated heterocycles. The Bertz CT molecular complexity index is 2830. The molecule has 0 fully saturated rings. The molecule has 0 aliphatic rings. The topological polar surface area (TPSA) is 43.6 Å². The van der Waals surface area contributed by atoms with E-state index in [1.807, 2.05) is 24.4 Å². The fraction of sp³-hybridized carbons (Fsp3) is 0. The number of rotatable bonds is 4. The summed E-state index contributed by atoms with van der Waals surface area (Å²) in [5, 5.41) is 19.8. The lowest BCUT2D eigenvalue weighted by Gasteiger charge is -2.19. The number of fused-ring (bicyclic) bond motifs is 6. The summed E-state index contributed by atoms with van der Waals surface area (Å²) >= 11 is 0. The van der Waals surface area contributed by atoms with Gasteiger partial charge in [-0.25, -0.2) is 0 Å². The minimum Gasteiger partial charge on any atom is -0.264 e. The Balaban J connectivity index is 1.24. The monoisotopic (exact) mass is 624 g/mol. The van der Waals surface area contributed by atoms with Gasteiger partial charge in [-0.3, -0.25) is 4.98 Å². The Morgan fingerprint density at radius 3 is 1.80 bits per heavy atom. The number of benzene rings is 8. The molecule has 0 spiro atoms. The summed E-state index contributed by atoms with van der Waals surface area (Å²) in [4.78, 5) is 6.07. The van der Waals surface area contributed by atoms with Gasteiger partial charge in [0, 0.05) is 23.3 Å². The summed E-state index contributed by atoms with van der Waals surface area (Å²) < 4.78 is 0. The van der Waals surface area contributed by atoms with Gasteiger partial charge in [-0.15, -0.1) is 10.2 Å². The van der Waals surface area contributed by atoms with E-state index in [1.54, 1.807) is 11.0 Å². The molecule has 0 saturated carbocycles. The Hall–Kier alpha value is -6.65. The summed E-state index contributed by atoms with van der Waals surface area (Å²) in [7, 11) is 0. The first-order chi connectivity index (χ1) is 24.3. The van der Waals surface area contributed by atoms with Crippen LogP contribution in [0.1, 0.15) is 0 Å². The SMILES string of the molecule is c1cncc(-c2cccc(-n3nc4cc(-c5c6ccccc6c(-c6ccc7ccccc7c6)c6ccccc56)c5ccccc5c4n3)c2)c1. The minimum absolute atomic E-state index is 0.854. The minimum atomic E-state index is 0.854. The van der Waals surface area contributed by atoms with E-state index in [-0.39, 0.29) is 0 Å². The van der Waals surface area contributed by atoms with E-state index in [2.05, 4.69) is 145 Å². The highest BCUT2D eigenvalue weighted by Crippen LogP contribution is 2.46. The quantitative estimate of drug-likeness (QED) is 0.183. The molecule has 2 aromatic heterocycles. The lowest BCUT2D eigenvalue weighted by Crippen LogP contribution is -1.98. The molecule has 4 nitrogen and oxygen atoms in total. The first-order valence-corrected chi connectivity index (χ1v) is 16.5. The smallest absolute Gasteiger partial charge is 0.121 e. The molecule has 49 heavy (non-hydrogen) atoms. The van der Waals surface area contributed by atoms with Crippen molar-refractivity contribution in [2.45, 2.75) is 0 Å². The molecule has 10 aromatic rings. The van der Waals surface area contributed by atoms with E-state index < -0.39 is 0 Å². The second-order valence-corrected chi connectivity index (χ2v) is 12.5. The van der Waals surface area contributed by atoms with E-state index in [0.717, 1.165) is 44.2 Å². The van der Waals surface area contributed by atoms with E-state index in [4.69, 9.17) is 10.2 Å². The van der Waals surface area contributed by atoms with Crippen LogP contribution in [0, 0.1) is 0 Å². The molecule has 4 heteroatoms. The third kappa shape index (κ3) is 4.42. The molecular formula is C45H28N4. The largest absolute Gasteiger partial charge is 0.264 e. The van der Waals surface area contributed by atoms with Crippen molar-refractivity contribution in [3.8, 4) is 39.1 Å². The zero-order valence-corrected chi connectivity index (χ0v) is 26.5. The maximum Gasteiger partial charge on any atom is 0.121 e. The third-order valence-electron chi connectivity index (χ3n) is 9.70. The Labute approximate surface area is 282 Å². The second kappa shape index (κ2) is 11.0. The van der Waals surface area contributed by atoms with Crippen molar-refractivity contribution in [2.24, 2.45) is 0 Å². The molecule has 0 atom stereocenters. The number of nitrogens with zero attached hydrogens (tertiary/aromatic N) is 4. The predicted octanol–water partition coefficient (Wildman–Crippen LogP) is 11.4. The maximum atomic E-state index is 5.10. The van der Waals surface area contributed by atoms with Crippen LogP contribution in [-0.4, -0.2) is 20.0 Å². The highest BCUT2D eigenvalue weighted by molar-refractivity contribution is 6.25. The summed E-state index contributed by atoms with van der Waals surface area (Å²) in [5.74, 6) is 0. The zero-order valence-electron chi connectivity index (χ0n) is 26.5. The third-order valence-corrected chi connectivity index (χ3v) is 9.70. The number of aromatic nitrogens is 4. The van der Waals surface area contributed by atoms with E-state index in [9.17, 15) is 0 Å². The van der Waals surface area contributed by atoms with Gasteiger partial charge in [0.1, 0.15) is 11.0 Å². The van der Waals surface area contributed by atoms with E-state index in [0.29, 0.717) is 0 Å². The fourth-order valence-corrected chi connectivity index (χ4v) is 7.49. The lowest BCUT2D eigenvalue weighted by molar-refractivity contribution is 0.766. The molecule has 228 valence electrons. The van der Waals surface area contributed by atoms with Gasteiger partial charge >= 0.3 is 0 Å². The van der Waals surface area contributed by atoms with Gasteiger partial charge in [-0.2, -0.15) is 4.80 Å². The van der Waals surface area contributed by atoms with Crippen LogP contribution in [0.5, 0.6) is 0 Å². The van der Waals surface area contributed by atoms with Gasteiger partial charge in [0.05, 0.1) is 5.69 Å². The summed E-state index contributed by atoms with van der Waals surface area (Å²) in [6.07, 6.45) is 3.67. The Kier molecular flexibility index (Phi) is 6.15. The first kappa shape index (κ1) is 27.5. The lowest BCUT2D eigenvalue weighted by atomic mass is 9.84. The fourth-order valence-electron chi connectivity index (χ4n) is 7.49. The average molecular weight is 625 g/mol. The highest BCUT2D eigenvalue weighted by atomic mass is 15.5. The Morgan fingerprint density at radius 2 is 1.06 bits per heavy atom. The molecule has 0 bridgehead atoms. The van der Waals surface area contributed by atoms with Crippen molar-refractivity contribution in [1.29, 1.82) is 0 Å². The zero-order chi connectivity index (χ0) is 32.3. The van der Waals surface area contributed by atoms with Gasteiger partial charge in [0.25, 0.3) is 0 Å². The Morgan fingerprint density at radius 1 is 0.408 bits per heavy atom. The molecule has 8 aromatic carbocycles. The molecule has 2 heterocycles. The summed E-state index contributed by atoms with van der Waals surface area (Å²) in [6.45, 7) is 0. The number of pyridine rings is 1. The van der Waals surface area contributed by atoms with Crippen LogP contribution >= 0.6 is 0 Å². The van der Waals surface area contributed by atoms with Crippen LogP contribution in [0.25, 0.3) is 93.2 Å². The summed E-state index contributed by atoms with van der Waals surface area (Å²) in [6, 6.07) is 56.2.